The third-order valence-corrected chi connectivity index (χ3v) is 3.51. The summed E-state index contributed by atoms with van der Waals surface area (Å²) in [6, 6.07) is 4.45. The van der Waals surface area contributed by atoms with Crippen LogP contribution < -0.4 is 10.1 Å². The first-order valence-electron chi connectivity index (χ1n) is 6.51. The molecular weight excluding hydrogens is 258 g/mol. The summed E-state index contributed by atoms with van der Waals surface area (Å²) in [5, 5.41) is 13.1. The maximum Gasteiger partial charge on any atom is 0.217 e. The molecule has 1 aliphatic rings. The molecule has 0 aromatic heterocycles. The second kappa shape index (κ2) is 4.90. The minimum absolute atomic E-state index is 0.0753. The molecule has 1 amide bonds. The summed E-state index contributed by atoms with van der Waals surface area (Å²) in [6.45, 7) is 6.38. The minimum atomic E-state index is -0.902. The highest BCUT2D eigenvalue weighted by atomic mass is 16.5. The smallest absolute Gasteiger partial charge is 0.217 e. The molecule has 5 heteroatoms. The van der Waals surface area contributed by atoms with E-state index in [9.17, 15) is 14.7 Å². The van der Waals surface area contributed by atoms with Gasteiger partial charge in [0, 0.05) is 18.1 Å². The van der Waals surface area contributed by atoms with E-state index in [0.29, 0.717) is 16.9 Å². The standard InChI is InChI=1S/C15H19NO4/c1-8(17)10-5-6-12-11(7-10)13(16-9(2)18)14(19)15(3,4)20-12/h5-7,13-14,19H,1-4H3,(H,16,18)/t13-,14-/m1/s1. The second-order valence-electron chi connectivity index (χ2n) is 5.64. The third kappa shape index (κ3) is 2.54. The first kappa shape index (κ1) is 14.5. The number of nitrogens with one attached hydrogen (secondary N) is 1. The van der Waals surface area contributed by atoms with E-state index in [1.165, 1.54) is 13.8 Å². The van der Waals surface area contributed by atoms with Gasteiger partial charge in [-0.3, -0.25) is 9.59 Å². The first-order chi connectivity index (χ1) is 9.22. The zero-order chi connectivity index (χ0) is 15.1. The summed E-state index contributed by atoms with van der Waals surface area (Å²) < 4.78 is 5.77. The van der Waals surface area contributed by atoms with E-state index in [2.05, 4.69) is 5.32 Å². The van der Waals surface area contributed by atoms with E-state index in [4.69, 9.17) is 4.74 Å². The van der Waals surface area contributed by atoms with Crippen LogP contribution >= 0.6 is 0 Å². The first-order valence-corrected chi connectivity index (χ1v) is 6.51. The third-order valence-electron chi connectivity index (χ3n) is 3.51. The van der Waals surface area contributed by atoms with Crippen molar-refractivity contribution in [2.24, 2.45) is 0 Å². The van der Waals surface area contributed by atoms with Crippen LogP contribution in [0.5, 0.6) is 5.75 Å². The number of hydrogen-bond acceptors (Lipinski definition) is 4. The van der Waals surface area contributed by atoms with Crippen LogP contribution in [0.2, 0.25) is 0 Å². The molecule has 5 nitrogen and oxygen atoms in total. The molecule has 2 N–H and O–H groups in total. The Kier molecular flexibility index (Phi) is 3.56. The Bertz CT molecular complexity index is 565. The Hall–Kier alpha value is -1.88. The van der Waals surface area contributed by atoms with Gasteiger partial charge in [0.25, 0.3) is 0 Å². The van der Waals surface area contributed by atoms with E-state index < -0.39 is 17.7 Å². The molecular formula is C15H19NO4. The number of Topliss-reactive ketones (excluding diaryl/α,β-unsaturated/α-hetero) is 1. The van der Waals surface area contributed by atoms with E-state index in [0.717, 1.165) is 0 Å². The van der Waals surface area contributed by atoms with E-state index >= 15 is 0 Å². The molecule has 0 radical (unpaired) electrons. The van der Waals surface area contributed by atoms with Gasteiger partial charge in [0.05, 0.1) is 6.04 Å². The average Bonchev–Trinajstić information content (AvgIpc) is 2.33. The van der Waals surface area contributed by atoms with Crippen molar-refractivity contribution in [1.29, 1.82) is 0 Å². The number of aliphatic hydroxyl groups excluding tert-OH is 1. The van der Waals surface area contributed by atoms with Crippen LogP contribution in [0.15, 0.2) is 18.2 Å². The number of fused-ring (bicyclic) bond motifs is 1. The van der Waals surface area contributed by atoms with Crippen molar-refractivity contribution in [3.63, 3.8) is 0 Å². The van der Waals surface area contributed by atoms with Crippen molar-refractivity contribution in [1.82, 2.24) is 5.32 Å². The second-order valence-corrected chi connectivity index (χ2v) is 5.64. The predicted molar refractivity (Wildman–Crippen MR) is 73.7 cm³/mol. The molecule has 0 aliphatic carbocycles. The molecule has 1 aliphatic heterocycles. The number of ketones is 1. The highest BCUT2D eigenvalue weighted by Gasteiger charge is 2.43. The van der Waals surface area contributed by atoms with Gasteiger partial charge in [0.15, 0.2) is 5.78 Å². The number of carbonyl (C=O) groups is 2. The fraction of sp³-hybridized carbons (Fsp3) is 0.467. The summed E-state index contributed by atoms with van der Waals surface area (Å²) in [6.07, 6.45) is -0.902. The lowest BCUT2D eigenvalue weighted by Crippen LogP contribution is -2.53. The van der Waals surface area contributed by atoms with Gasteiger partial charge < -0.3 is 15.2 Å². The molecule has 0 fully saturated rings. The molecule has 2 atom stereocenters. The maximum atomic E-state index is 11.5. The zero-order valence-electron chi connectivity index (χ0n) is 12.1. The van der Waals surface area contributed by atoms with E-state index in [-0.39, 0.29) is 11.7 Å². The van der Waals surface area contributed by atoms with Gasteiger partial charge in [-0.25, -0.2) is 0 Å². The highest BCUT2D eigenvalue weighted by Crippen LogP contribution is 2.40. The molecule has 0 bridgehead atoms. The van der Waals surface area contributed by atoms with Gasteiger partial charge in [-0.2, -0.15) is 0 Å². The van der Waals surface area contributed by atoms with E-state index in [1.807, 2.05) is 0 Å². The number of rotatable bonds is 2. The monoisotopic (exact) mass is 277 g/mol. The lowest BCUT2D eigenvalue weighted by molar-refractivity contribution is -0.123. The van der Waals surface area contributed by atoms with Crippen LogP contribution in [0.4, 0.5) is 0 Å². The molecule has 0 saturated heterocycles. The number of amides is 1. The maximum absolute atomic E-state index is 11.5. The van der Waals surface area contributed by atoms with Crippen molar-refractivity contribution < 1.29 is 19.4 Å². The molecule has 2 rings (SSSR count). The zero-order valence-corrected chi connectivity index (χ0v) is 12.1. The summed E-state index contributed by atoms with van der Waals surface area (Å²) in [7, 11) is 0. The molecule has 20 heavy (non-hydrogen) atoms. The molecule has 0 saturated carbocycles. The highest BCUT2D eigenvalue weighted by molar-refractivity contribution is 5.94. The summed E-state index contributed by atoms with van der Waals surface area (Å²) in [5.74, 6) is 0.253. The number of carbonyl (C=O) groups excluding carboxylic acids is 2. The number of hydrogen-bond donors (Lipinski definition) is 2. The van der Waals surface area contributed by atoms with Crippen molar-refractivity contribution in [2.75, 3.05) is 0 Å². The Morgan fingerprint density at radius 2 is 1.95 bits per heavy atom. The van der Waals surface area contributed by atoms with Gasteiger partial charge in [-0.1, -0.05) is 0 Å². The van der Waals surface area contributed by atoms with Crippen molar-refractivity contribution in [3.05, 3.63) is 29.3 Å². The molecule has 108 valence electrons. The van der Waals surface area contributed by atoms with Gasteiger partial charge in [-0.05, 0) is 39.0 Å². The molecule has 1 aromatic rings. The Labute approximate surface area is 117 Å². The van der Waals surface area contributed by atoms with Crippen LogP contribution in [-0.4, -0.2) is 28.5 Å². The van der Waals surface area contributed by atoms with Crippen LogP contribution in [0, 0.1) is 0 Å². The largest absolute Gasteiger partial charge is 0.485 e. The normalized spacial score (nSPS) is 23.4. The summed E-state index contributed by atoms with van der Waals surface area (Å²) in [5.41, 5.74) is 0.326. The predicted octanol–water partition coefficient (Wildman–Crippen LogP) is 1.60. The molecule has 0 spiro atoms. The quantitative estimate of drug-likeness (QED) is 0.805. The topological polar surface area (TPSA) is 75.6 Å². The molecule has 0 unspecified atom stereocenters. The minimum Gasteiger partial charge on any atom is -0.485 e. The van der Waals surface area contributed by atoms with Gasteiger partial charge in [0.1, 0.15) is 17.5 Å². The summed E-state index contributed by atoms with van der Waals surface area (Å²) in [4.78, 5) is 22.8. The Morgan fingerprint density at radius 1 is 1.30 bits per heavy atom. The molecule has 1 aromatic carbocycles. The Balaban J connectivity index is 2.53. The van der Waals surface area contributed by atoms with Crippen LogP contribution in [0.1, 0.15) is 49.7 Å². The van der Waals surface area contributed by atoms with Crippen molar-refractivity contribution in [2.45, 2.75) is 45.4 Å². The number of aliphatic hydroxyl groups is 1. The van der Waals surface area contributed by atoms with Crippen molar-refractivity contribution in [3.8, 4) is 5.75 Å². The van der Waals surface area contributed by atoms with Gasteiger partial charge >= 0.3 is 0 Å². The lowest BCUT2D eigenvalue weighted by atomic mass is 9.85. The Morgan fingerprint density at radius 3 is 2.50 bits per heavy atom. The summed E-state index contributed by atoms with van der Waals surface area (Å²) >= 11 is 0. The van der Waals surface area contributed by atoms with Crippen LogP contribution in [-0.2, 0) is 4.79 Å². The lowest BCUT2D eigenvalue weighted by Gasteiger charge is -2.42. The van der Waals surface area contributed by atoms with Gasteiger partial charge in [0.2, 0.25) is 5.91 Å². The fourth-order valence-corrected chi connectivity index (χ4v) is 2.39. The van der Waals surface area contributed by atoms with Crippen LogP contribution in [0.3, 0.4) is 0 Å². The average molecular weight is 277 g/mol. The van der Waals surface area contributed by atoms with Crippen molar-refractivity contribution >= 4 is 11.7 Å². The van der Waals surface area contributed by atoms with Gasteiger partial charge in [-0.15, -0.1) is 0 Å². The SMILES string of the molecule is CC(=O)N[C@@H]1c2cc(C(C)=O)ccc2OC(C)(C)[C@@H]1O. The number of benzene rings is 1. The van der Waals surface area contributed by atoms with Crippen LogP contribution in [0.25, 0.3) is 0 Å². The fourth-order valence-electron chi connectivity index (χ4n) is 2.39. The molecule has 1 heterocycles. The van der Waals surface area contributed by atoms with E-state index in [1.54, 1.807) is 32.0 Å². The number of ether oxygens (including phenoxy) is 1.